The molecular formula is C13H16BF3O2. The molecule has 6 heteroatoms. The molecule has 19 heavy (non-hydrogen) atoms. The maximum atomic E-state index is 13.9. The Morgan fingerprint density at radius 1 is 1.05 bits per heavy atom. The van der Waals surface area contributed by atoms with Crippen molar-refractivity contribution in [2.45, 2.75) is 45.3 Å². The summed E-state index contributed by atoms with van der Waals surface area (Å²) in [6.45, 7) is 7.15. The largest absolute Gasteiger partial charge is 0.498 e. The summed E-state index contributed by atoms with van der Waals surface area (Å²) in [5, 5.41) is 0. The van der Waals surface area contributed by atoms with Crippen LogP contribution in [-0.2, 0) is 9.31 Å². The molecule has 104 valence electrons. The molecule has 1 aliphatic heterocycles. The summed E-state index contributed by atoms with van der Waals surface area (Å²) >= 11 is 0. The first-order valence-corrected chi connectivity index (χ1v) is 6.08. The van der Waals surface area contributed by atoms with Gasteiger partial charge in [0.2, 0.25) is 0 Å². The van der Waals surface area contributed by atoms with Crippen LogP contribution in [0.1, 0.15) is 39.7 Å². The first kappa shape index (κ1) is 14.4. The Labute approximate surface area is 111 Å². The van der Waals surface area contributed by atoms with Crippen LogP contribution in [-0.4, -0.2) is 18.3 Å². The van der Waals surface area contributed by atoms with E-state index in [1.807, 2.05) is 0 Å². The maximum absolute atomic E-state index is 13.9. The van der Waals surface area contributed by atoms with Gasteiger partial charge in [-0.05, 0) is 33.8 Å². The predicted octanol–water partition coefficient (Wildman–Crippen LogP) is 3.06. The van der Waals surface area contributed by atoms with E-state index in [2.05, 4.69) is 0 Å². The van der Waals surface area contributed by atoms with Crippen LogP contribution in [0, 0.1) is 5.82 Å². The fourth-order valence-corrected chi connectivity index (χ4v) is 1.95. The van der Waals surface area contributed by atoms with Crippen LogP contribution >= 0.6 is 0 Å². The Morgan fingerprint density at radius 3 is 2.05 bits per heavy atom. The number of benzene rings is 1. The molecule has 1 saturated heterocycles. The van der Waals surface area contributed by atoms with Crippen LogP contribution in [0.15, 0.2) is 18.2 Å². The van der Waals surface area contributed by atoms with E-state index < -0.39 is 36.1 Å². The summed E-state index contributed by atoms with van der Waals surface area (Å²) in [7, 11) is -1.12. The summed E-state index contributed by atoms with van der Waals surface area (Å²) in [6.07, 6.45) is -2.77. The van der Waals surface area contributed by atoms with Crippen LogP contribution < -0.4 is 5.46 Å². The lowest BCUT2D eigenvalue weighted by atomic mass is 9.75. The Balaban J connectivity index is 2.45. The third kappa shape index (κ3) is 2.39. The molecule has 1 fully saturated rings. The summed E-state index contributed by atoms with van der Waals surface area (Å²) in [5.41, 5.74) is -1.99. The highest BCUT2D eigenvalue weighted by atomic mass is 19.3. The van der Waals surface area contributed by atoms with Crippen LogP contribution in [0.4, 0.5) is 13.2 Å². The van der Waals surface area contributed by atoms with Gasteiger partial charge in [0.05, 0.1) is 11.2 Å². The number of halogens is 3. The van der Waals surface area contributed by atoms with Crippen molar-refractivity contribution >= 4 is 12.6 Å². The molecule has 0 aromatic heterocycles. The standard InChI is InChI=1S/C13H16BF3O2/c1-12(2)13(3,4)19-14(18-12)10-8(11(16)17)6-5-7-9(10)15/h5-7,11H,1-4H3. The van der Waals surface area contributed by atoms with Gasteiger partial charge in [0.15, 0.2) is 0 Å². The fourth-order valence-electron chi connectivity index (χ4n) is 1.95. The second-order valence-corrected chi connectivity index (χ2v) is 5.63. The van der Waals surface area contributed by atoms with Crippen LogP contribution in [0.5, 0.6) is 0 Å². The van der Waals surface area contributed by atoms with E-state index in [1.54, 1.807) is 27.7 Å². The monoisotopic (exact) mass is 272 g/mol. The first-order valence-electron chi connectivity index (χ1n) is 6.08. The molecule has 0 atom stereocenters. The lowest BCUT2D eigenvalue weighted by Crippen LogP contribution is -2.41. The van der Waals surface area contributed by atoms with Gasteiger partial charge in [-0.15, -0.1) is 0 Å². The van der Waals surface area contributed by atoms with Crippen molar-refractivity contribution in [3.63, 3.8) is 0 Å². The van der Waals surface area contributed by atoms with Gasteiger partial charge in [-0.3, -0.25) is 0 Å². The van der Waals surface area contributed by atoms with E-state index in [1.165, 1.54) is 12.1 Å². The minimum absolute atomic E-state index is 0.212. The van der Waals surface area contributed by atoms with Crippen molar-refractivity contribution in [2.75, 3.05) is 0 Å². The van der Waals surface area contributed by atoms with Crippen LogP contribution in [0.25, 0.3) is 0 Å². The van der Waals surface area contributed by atoms with Crippen molar-refractivity contribution in [2.24, 2.45) is 0 Å². The van der Waals surface area contributed by atoms with Gasteiger partial charge < -0.3 is 9.31 Å². The highest BCUT2D eigenvalue weighted by molar-refractivity contribution is 6.62. The molecule has 1 aromatic rings. The molecule has 0 spiro atoms. The highest BCUT2D eigenvalue weighted by Gasteiger charge is 2.53. The van der Waals surface area contributed by atoms with Gasteiger partial charge in [0.25, 0.3) is 6.43 Å². The lowest BCUT2D eigenvalue weighted by Gasteiger charge is -2.32. The van der Waals surface area contributed by atoms with E-state index in [0.717, 1.165) is 6.07 Å². The summed E-state index contributed by atoms with van der Waals surface area (Å²) in [5.74, 6) is -0.740. The number of rotatable bonds is 2. The third-order valence-corrected chi connectivity index (χ3v) is 3.81. The molecule has 2 nitrogen and oxygen atoms in total. The van der Waals surface area contributed by atoms with Gasteiger partial charge in [-0.1, -0.05) is 12.1 Å². The molecule has 2 rings (SSSR count). The molecule has 1 heterocycles. The lowest BCUT2D eigenvalue weighted by molar-refractivity contribution is 0.00578. The molecule has 0 N–H and O–H groups in total. The Hall–Kier alpha value is -1.01. The highest BCUT2D eigenvalue weighted by Crippen LogP contribution is 2.37. The van der Waals surface area contributed by atoms with Gasteiger partial charge in [-0.2, -0.15) is 0 Å². The van der Waals surface area contributed by atoms with Gasteiger partial charge >= 0.3 is 7.12 Å². The average Bonchev–Trinajstić information content (AvgIpc) is 2.47. The van der Waals surface area contributed by atoms with Crippen molar-refractivity contribution in [3.05, 3.63) is 29.6 Å². The normalized spacial score (nSPS) is 21.2. The zero-order chi connectivity index (χ0) is 14.4. The predicted molar refractivity (Wildman–Crippen MR) is 67.1 cm³/mol. The Bertz CT molecular complexity index is 473. The zero-order valence-electron chi connectivity index (χ0n) is 11.3. The molecule has 0 aliphatic carbocycles. The minimum atomic E-state index is -2.77. The second-order valence-electron chi connectivity index (χ2n) is 5.63. The van der Waals surface area contributed by atoms with Crippen LogP contribution in [0.3, 0.4) is 0 Å². The van der Waals surface area contributed by atoms with Gasteiger partial charge in [-0.25, -0.2) is 13.2 Å². The topological polar surface area (TPSA) is 18.5 Å². The number of hydrogen-bond acceptors (Lipinski definition) is 2. The molecule has 0 saturated carbocycles. The molecule has 0 unspecified atom stereocenters. The maximum Gasteiger partial charge on any atom is 0.498 e. The summed E-state index contributed by atoms with van der Waals surface area (Å²) in [4.78, 5) is 0. The first-order chi connectivity index (χ1) is 8.66. The van der Waals surface area contributed by atoms with Crippen molar-refractivity contribution in [1.29, 1.82) is 0 Å². The van der Waals surface area contributed by atoms with Crippen molar-refractivity contribution in [3.8, 4) is 0 Å². The van der Waals surface area contributed by atoms with E-state index in [0.29, 0.717) is 0 Å². The molecule has 1 aliphatic rings. The Morgan fingerprint density at radius 2 is 1.58 bits per heavy atom. The summed E-state index contributed by atoms with van der Waals surface area (Å²) in [6, 6.07) is 3.58. The molecule has 1 aromatic carbocycles. The van der Waals surface area contributed by atoms with Crippen LogP contribution in [0.2, 0.25) is 0 Å². The number of hydrogen-bond donors (Lipinski definition) is 0. The molecule has 0 amide bonds. The van der Waals surface area contributed by atoms with Crippen molar-refractivity contribution < 1.29 is 22.5 Å². The third-order valence-electron chi connectivity index (χ3n) is 3.81. The summed E-state index contributed by atoms with van der Waals surface area (Å²) < 4.78 is 51.1. The van der Waals surface area contributed by atoms with Crippen molar-refractivity contribution in [1.82, 2.24) is 0 Å². The molecule has 0 bridgehead atoms. The average molecular weight is 272 g/mol. The smallest absolute Gasteiger partial charge is 0.399 e. The molecule has 0 radical (unpaired) electrons. The Kier molecular flexibility index (Phi) is 3.43. The quantitative estimate of drug-likeness (QED) is 0.770. The zero-order valence-corrected chi connectivity index (χ0v) is 11.3. The van der Waals surface area contributed by atoms with Gasteiger partial charge in [0.1, 0.15) is 5.82 Å². The van der Waals surface area contributed by atoms with E-state index in [4.69, 9.17) is 9.31 Å². The minimum Gasteiger partial charge on any atom is -0.399 e. The van der Waals surface area contributed by atoms with E-state index in [-0.39, 0.29) is 5.46 Å². The van der Waals surface area contributed by atoms with Gasteiger partial charge in [0, 0.05) is 11.0 Å². The fraction of sp³-hybridized carbons (Fsp3) is 0.538. The number of alkyl halides is 2. The van der Waals surface area contributed by atoms with E-state index >= 15 is 0 Å². The van der Waals surface area contributed by atoms with E-state index in [9.17, 15) is 13.2 Å². The SMILES string of the molecule is CC1(C)OB(c2c(F)cccc2C(F)F)OC1(C)C. The second kappa shape index (κ2) is 4.53. The molecular weight excluding hydrogens is 256 g/mol.